The molecule has 0 aromatic heterocycles. The second kappa shape index (κ2) is 7.82. The average Bonchev–Trinajstić information content (AvgIpc) is 2.51. The summed E-state index contributed by atoms with van der Waals surface area (Å²) in [6.45, 7) is 6.57. The number of rotatable bonds is 7. The number of aryl methyl sites for hydroxylation is 3. The molecular weight excluding hydrogens is 288 g/mol. The van der Waals surface area contributed by atoms with Gasteiger partial charge in [0.2, 0.25) is 0 Å². The van der Waals surface area contributed by atoms with Crippen molar-refractivity contribution in [2.45, 2.75) is 39.5 Å². The molecule has 1 unspecified atom stereocenters. The summed E-state index contributed by atoms with van der Waals surface area (Å²) in [5.41, 5.74) is 4.25. The molecule has 0 amide bonds. The van der Waals surface area contributed by atoms with Gasteiger partial charge < -0.3 is 9.84 Å². The van der Waals surface area contributed by atoms with E-state index in [1.54, 1.807) is 0 Å². The molecule has 0 aliphatic carbocycles. The van der Waals surface area contributed by atoms with E-state index in [9.17, 15) is 9.90 Å². The Morgan fingerprint density at radius 1 is 1.04 bits per heavy atom. The summed E-state index contributed by atoms with van der Waals surface area (Å²) in [7, 11) is 0. The van der Waals surface area contributed by atoms with Gasteiger partial charge in [0.15, 0.2) is 0 Å². The highest BCUT2D eigenvalue weighted by Gasteiger charge is 2.19. The Hall–Kier alpha value is -2.29. The molecule has 23 heavy (non-hydrogen) atoms. The van der Waals surface area contributed by atoms with Gasteiger partial charge in [0.25, 0.3) is 0 Å². The zero-order valence-electron chi connectivity index (χ0n) is 14.0. The van der Waals surface area contributed by atoms with Crippen LogP contribution in [0.2, 0.25) is 0 Å². The van der Waals surface area contributed by atoms with E-state index in [0.717, 1.165) is 28.0 Å². The van der Waals surface area contributed by atoms with Gasteiger partial charge in [-0.2, -0.15) is 0 Å². The number of aliphatic carboxylic acids is 1. The van der Waals surface area contributed by atoms with Gasteiger partial charge in [0.1, 0.15) is 5.75 Å². The number of hydrogen-bond acceptors (Lipinski definition) is 2. The fraction of sp³-hybridized carbons (Fsp3) is 0.350. The maximum Gasteiger partial charge on any atom is 0.310 e. The fourth-order valence-electron chi connectivity index (χ4n) is 2.56. The molecule has 3 heteroatoms. The third-order valence-electron chi connectivity index (χ3n) is 4.02. The molecule has 0 saturated carbocycles. The Labute approximate surface area is 137 Å². The van der Waals surface area contributed by atoms with Crippen molar-refractivity contribution in [2.24, 2.45) is 0 Å². The number of carboxylic acid groups (broad SMARTS) is 1. The Morgan fingerprint density at radius 2 is 1.70 bits per heavy atom. The van der Waals surface area contributed by atoms with Crippen molar-refractivity contribution in [3.63, 3.8) is 0 Å². The highest BCUT2D eigenvalue weighted by atomic mass is 16.5. The third kappa shape index (κ3) is 4.85. The number of ether oxygens (including phenoxy) is 1. The first-order valence-corrected chi connectivity index (χ1v) is 7.97. The smallest absolute Gasteiger partial charge is 0.310 e. The minimum absolute atomic E-state index is 0.474. The van der Waals surface area contributed by atoms with Crippen LogP contribution in [0.4, 0.5) is 0 Å². The molecule has 0 heterocycles. The van der Waals surface area contributed by atoms with Crippen molar-refractivity contribution in [2.75, 3.05) is 6.61 Å². The normalized spacial score (nSPS) is 12.0. The third-order valence-corrected chi connectivity index (χ3v) is 4.02. The summed E-state index contributed by atoms with van der Waals surface area (Å²) < 4.78 is 5.81. The summed E-state index contributed by atoms with van der Waals surface area (Å²) in [5.74, 6) is -0.370. The number of hydrogen-bond donors (Lipinski definition) is 1. The highest BCUT2D eigenvalue weighted by molar-refractivity contribution is 5.76. The number of carbonyl (C=O) groups is 1. The number of carboxylic acids is 1. The van der Waals surface area contributed by atoms with E-state index in [-0.39, 0.29) is 0 Å². The average molecular weight is 312 g/mol. The van der Waals surface area contributed by atoms with Crippen molar-refractivity contribution in [3.8, 4) is 5.75 Å². The Bertz CT molecular complexity index is 659. The monoisotopic (exact) mass is 312 g/mol. The molecule has 122 valence electrons. The van der Waals surface area contributed by atoms with Crippen molar-refractivity contribution in [1.29, 1.82) is 0 Å². The molecule has 0 fully saturated rings. The zero-order valence-corrected chi connectivity index (χ0v) is 14.0. The standard InChI is InChI=1S/C20H24O3/c1-14-7-10-17(11-8-14)18(20(21)22)5-4-12-23-19-13-15(2)6-9-16(19)3/h6-11,13,18H,4-5,12H2,1-3H3,(H,21,22). The quantitative estimate of drug-likeness (QED) is 0.758. The lowest BCUT2D eigenvalue weighted by Gasteiger charge is -2.14. The number of benzene rings is 2. The maximum absolute atomic E-state index is 11.5. The van der Waals surface area contributed by atoms with E-state index in [1.807, 2.05) is 57.2 Å². The molecule has 0 aliphatic heterocycles. The Balaban J connectivity index is 1.91. The predicted molar refractivity (Wildman–Crippen MR) is 92.2 cm³/mol. The second-order valence-electron chi connectivity index (χ2n) is 6.06. The van der Waals surface area contributed by atoms with Gasteiger partial charge in [-0.05, 0) is 56.4 Å². The van der Waals surface area contributed by atoms with Crippen LogP contribution in [0.25, 0.3) is 0 Å². The summed E-state index contributed by atoms with van der Waals surface area (Å²) >= 11 is 0. The molecule has 1 atom stereocenters. The summed E-state index contributed by atoms with van der Waals surface area (Å²) in [6.07, 6.45) is 1.28. The van der Waals surface area contributed by atoms with Gasteiger partial charge in [0, 0.05) is 0 Å². The predicted octanol–water partition coefficient (Wildman–Crippen LogP) is 4.64. The van der Waals surface area contributed by atoms with E-state index in [2.05, 4.69) is 6.07 Å². The first-order valence-electron chi connectivity index (χ1n) is 7.97. The minimum atomic E-state index is -0.777. The Morgan fingerprint density at radius 3 is 2.35 bits per heavy atom. The van der Waals surface area contributed by atoms with Crippen molar-refractivity contribution in [3.05, 3.63) is 64.7 Å². The van der Waals surface area contributed by atoms with E-state index in [1.165, 1.54) is 0 Å². The molecule has 1 N–H and O–H groups in total. The lowest BCUT2D eigenvalue weighted by Crippen LogP contribution is -2.13. The fourth-order valence-corrected chi connectivity index (χ4v) is 2.56. The molecule has 0 spiro atoms. The van der Waals surface area contributed by atoms with Crippen molar-refractivity contribution < 1.29 is 14.6 Å². The summed E-state index contributed by atoms with van der Waals surface area (Å²) in [6, 6.07) is 13.8. The SMILES string of the molecule is Cc1ccc(C(CCCOc2cc(C)ccc2C)C(=O)O)cc1. The van der Waals surface area contributed by atoms with Crippen LogP contribution in [0, 0.1) is 20.8 Å². The highest BCUT2D eigenvalue weighted by Crippen LogP contribution is 2.23. The van der Waals surface area contributed by atoms with Crippen molar-refractivity contribution in [1.82, 2.24) is 0 Å². The first-order chi connectivity index (χ1) is 11.0. The van der Waals surface area contributed by atoms with Crippen LogP contribution in [0.15, 0.2) is 42.5 Å². The molecule has 3 nitrogen and oxygen atoms in total. The van der Waals surface area contributed by atoms with Crippen LogP contribution in [-0.4, -0.2) is 17.7 Å². The van der Waals surface area contributed by atoms with Crippen molar-refractivity contribution >= 4 is 5.97 Å². The maximum atomic E-state index is 11.5. The van der Waals surface area contributed by atoms with Gasteiger partial charge in [-0.1, -0.05) is 42.0 Å². The second-order valence-corrected chi connectivity index (χ2v) is 6.06. The van der Waals surface area contributed by atoms with Crippen LogP contribution in [0.5, 0.6) is 5.75 Å². The Kier molecular flexibility index (Phi) is 5.80. The van der Waals surface area contributed by atoms with Crippen LogP contribution in [-0.2, 0) is 4.79 Å². The molecule has 2 aromatic carbocycles. The van der Waals surface area contributed by atoms with Gasteiger partial charge in [-0.3, -0.25) is 4.79 Å². The van der Waals surface area contributed by atoms with E-state index >= 15 is 0 Å². The van der Waals surface area contributed by atoms with Crippen LogP contribution in [0.3, 0.4) is 0 Å². The summed E-state index contributed by atoms with van der Waals surface area (Å²) in [5, 5.41) is 9.45. The zero-order chi connectivity index (χ0) is 16.8. The molecule has 2 rings (SSSR count). The topological polar surface area (TPSA) is 46.5 Å². The molecule has 0 radical (unpaired) electrons. The van der Waals surface area contributed by atoms with Gasteiger partial charge in [0.05, 0.1) is 12.5 Å². The first kappa shape index (κ1) is 17.1. The van der Waals surface area contributed by atoms with E-state index in [4.69, 9.17) is 4.74 Å². The largest absolute Gasteiger partial charge is 0.493 e. The lowest BCUT2D eigenvalue weighted by molar-refractivity contribution is -0.139. The lowest BCUT2D eigenvalue weighted by atomic mass is 9.94. The summed E-state index contributed by atoms with van der Waals surface area (Å²) in [4.78, 5) is 11.5. The molecular formula is C20H24O3. The van der Waals surface area contributed by atoms with Crippen LogP contribution < -0.4 is 4.74 Å². The van der Waals surface area contributed by atoms with Crippen LogP contribution in [0.1, 0.15) is 41.0 Å². The molecule has 0 bridgehead atoms. The molecule has 0 saturated heterocycles. The van der Waals surface area contributed by atoms with E-state index in [0.29, 0.717) is 19.4 Å². The van der Waals surface area contributed by atoms with Gasteiger partial charge in [-0.25, -0.2) is 0 Å². The van der Waals surface area contributed by atoms with Gasteiger partial charge >= 0.3 is 5.97 Å². The van der Waals surface area contributed by atoms with E-state index < -0.39 is 11.9 Å². The minimum Gasteiger partial charge on any atom is -0.493 e. The van der Waals surface area contributed by atoms with Gasteiger partial charge in [-0.15, -0.1) is 0 Å². The molecule has 2 aromatic rings. The molecule has 0 aliphatic rings. The van der Waals surface area contributed by atoms with Crippen LogP contribution >= 0.6 is 0 Å².